The quantitative estimate of drug-likeness (QED) is 0.302. The van der Waals surface area contributed by atoms with Crippen LogP contribution in [0.4, 0.5) is 10.1 Å². The molecule has 1 aromatic carbocycles. The van der Waals surface area contributed by atoms with E-state index in [0.29, 0.717) is 47.8 Å². The van der Waals surface area contributed by atoms with Gasteiger partial charge in [0.25, 0.3) is 5.56 Å². The molecule has 1 fully saturated rings. The van der Waals surface area contributed by atoms with E-state index in [2.05, 4.69) is 25.3 Å². The van der Waals surface area contributed by atoms with Crippen molar-refractivity contribution in [3.63, 3.8) is 0 Å². The number of rotatable bonds is 9. The predicted molar refractivity (Wildman–Crippen MR) is 151 cm³/mol. The van der Waals surface area contributed by atoms with Gasteiger partial charge in [0.1, 0.15) is 23.7 Å². The van der Waals surface area contributed by atoms with Gasteiger partial charge in [-0.3, -0.25) is 19.2 Å². The Kier molecular flexibility index (Phi) is 7.39. The molecule has 0 aliphatic carbocycles. The molecule has 0 spiro atoms. The van der Waals surface area contributed by atoms with E-state index < -0.39 is 0 Å². The summed E-state index contributed by atoms with van der Waals surface area (Å²) in [5, 5.41) is 8.84. The summed E-state index contributed by atoms with van der Waals surface area (Å²) in [6.45, 7) is 7.50. The van der Waals surface area contributed by atoms with Crippen molar-refractivity contribution < 1.29 is 13.9 Å². The fourth-order valence-corrected chi connectivity index (χ4v) is 4.93. The van der Waals surface area contributed by atoms with Crippen LogP contribution in [-0.4, -0.2) is 75.2 Å². The Morgan fingerprint density at radius 2 is 1.95 bits per heavy atom. The number of aromatic nitrogens is 5. The van der Waals surface area contributed by atoms with Crippen LogP contribution in [0.3, 0.4) is 0 Å². The fourth-order valence-electron chi connectivity index (χ4n) is 4.93. The van der Waals surface area contributed by atoms with E-state index in [9.17, 15) is 9.18 Å². The first kappa shape index (κ1) is 25.9. The summed E-state index contributed by atoms with van der Waals surface area (Å²) >= 11 is 0. The predicted octanol–water partition coefficient (Wildman–Crippen LogP) is 3.40. The van der Waals surface area contributed by atoms with Gasteiger partial charge >= 0.3 is 0 Å². The minimum Gasteiger partial charge on any atom is -0.491 e. The molecule has 6 rings (SSSR count). The van der Waals surface area contributed by atoms with Gasteiger partial charge in [0.2, 0.25) is 0 Å². The van der Waals surface area contributed by atoms with E-state index in [1.165, 1.54) is 22.9 Å². The Morgan fingerprint density at radius 1 is 1.07 bits per heavy atom. The van der Waals surface area contributed by atoms with Crippen molar-refractivity contribution in [2.45, 2.75) is 13.5 Å². The lowest BCUT2D eigenvalue weighted by Crippen LogP contribution is -2.38. The zero-order valence-electron chi connectivity index (χ0n) is 22.2. The third-order valence-corrected chi connectivity index (χ3v) is 7.04. The average molecular weight is 544 g/mol. The van der Waals surface area contributed by atoms with Gasteiger partial charge in [0.15, 0.2) is 5.82 Å². The van der Waals surface area contributed by atoms with E-state index >= 15 is 0 Å². The molecule has 10 nitrogen and oxygen atoms in total. The lowest BCUT2D eigenvalue weighted by molar-refractivity contribution is 0.0322. The Balaban J connectivity index is 1.13. The van der Waals surface area contributed by atoms with Gasteiger partial charge in [-0.1, -0.05) is 0 Å². The van der Waals surface area contributed by atoms with Crippen LogP contribution in [0.1, 0.15) is 5.56 Å². The number of hydrogen-bond donors (Lipinski definition) is 1. The third-order valence-electron chi connectivity index (χ3n) is 7.04. The molecule has 4 aromatic heterocycles. The highest BCUT2D eigenvalue weighted by Gasteiger charge is 2.12. The van der Waals surface area contributed by atoms with Crippen LogP contribution in [0.5, 0.6) is 5.75 Å². The Labute approximate surface area is 230 Å². The van der Waals surface area contributed by atoms with Crippen molar-refractivity contribution in [3.8, 4) is 11.6 Å². The van der Waals surface area contributed by atoms with Gasteiger partial charge in [-0.15, -0.1) is 0 Å². The standard InChI is InChI=1S/C29H30FN7O3/c1-20-19-36(26-16-21(30)2-3-23(20)26)27-4-5-28(38)37(34-27)9-8-32-24-6-7-31-25-17-22(18-33-29(24)25)40-15-12-35-10-13-39-14-11-35/h2-7,16-19H,8-15H2,1H3,(H,31,32). The molecule has 1 aliphatic rings. The van der Waals surface area contributed by atoms with Crippen molar-refractivity contribution >= 4 is 27.6 Å². The second kappa shape index (κ2) is 11.4. The number of halogens is 1. The Hall–Kier alpha value is -4.35. The number of nitrogens with zero attached hydrogens (tertiary/aromatic N) is 6. The number of ether oxygens (including phenoxy) is 2. The molecule has 0 saturated carbocycles. The van der Waals surface area contributed by atoms with Crippen molar-refractivity contribution in [1.82, 2.24) is 29.2 Å². The van der Waals surface area contributed by atoms with Crippen LogP contribution in [0.25, 0.3) is 27.8 Å². The maximum Gasteiger partial charge on any atom is 0.266 e. The largest absolute Gasteiger partial charge is 0.491 e. The number of nitrogens with one attached hydrogen (secondary N) is 1. The molecule has 1 saturated heterocycles. The third kappa shape index (κ3) is 5.51. The molecule has 0 bridgehead atoms. The highest BCUT2D eigenvalue weighted by molar-refractivity contribution is 5.88. The molecule has 1 N–H and O–H groups in total. The molecule has 40 heavy (non-hydrogen) atoms. The van der Waals surface area contributed by atoms with Crippen LogP contribution >= 0.6 is 0 Å². The number of anilines is 1. The second-order valence-electron chi connectivity index (χ2n) is 9.72. The normalized spacial score (nSPS) is 14.2. The van der Waals surface area contributed by atoms with Gasteiger partial charge in [-0.2, -0.15) is 5.10 Å². The minimum atomic E-state index is -0.325. The van der Waals surface area contributed by atoms with Gasteiger partial charge in [-0.05, 0) is 42.8 Å². The number of hydrogen-bond acceptors (Lipinski definition) is 8. The molecule has 11 heteroatoms. The van der Waals surface area contributed by atoms with Crippen LogP contribution in [-0.2, 0) is 11.3 Å². The zero-order valence-corrected chi connectivity index (χ0v) is 22.2. The summed E-state index contributed by atoms with van der Waals surface area (Å²) in [6.07, 6.45) is 5.32. The van der Waals surface area contributed by atoms with Crippen molar-refractivity contribution in [2.24, 2.45) is 0 Å². The van der Waals surface area contributed by atoms with Crippen LogP contribution in [0.2, 0.25) is 0 Å². The molecular weight excluding hydrogens is 513 g/mol. The lowest BCUT2D eigenvalue weighted by Gasteiger charge is -2.26. The number of aryl methyl sites for hydroxylation is 1. The number of morpholine rings is 1. The SMILES string of the molecule is Cc1cn(-c2ccc(=O)n(CCNc3ccnc4cc(OCCN5CCOCC5)cnc34)n2)c2cc(F)ccc12. The number of benzene rings is 1. The first-order valence-corrected chi connectivity index (χ1v) is 13.3. The summed E-state index contributed by atoms with van der Waals surface area (Å²) in [5.41, 5.74) is 3.71. The Morgan fingerprint density at radius 3 is 2.83 bits per heavy atom. The second-order valence-corrected chi connectivity index (χ2v) is 9.72. The maximum absolute atomic E-state index is 14.0. The maximum atomic E-state index is 14.0. The van der Waals surface area contributed by atoms with Crippen molar-refractivity contribution in [2.75, 3.05) is 51.3 Å². The van der Waals surface area contributed by atoms with Gasteiger partial charge < -0.3 is 14.8 Å². The number of pyridine rings is 2. The van der Waals surface area contributed by atoms with Crippen LogP contribution < -0.4 is 15.6 Å². The van der Waals surface area contributed by atoms with E-state index in [1.807, 2.05) is 25.3 Å². The number of fused-ring (bicyclic) bond motifs is 2. The van der Waals surface area contributed by atoms with Crippen molar-refractivity contribution in [1.29, 1.82) is 0 Å². The Bertz CT molecular complexity index is 1710. The monoisotopic (exact) mass is 543 g/mol. The molecule has 1 aliphatic heterocycles. The van der Waals surface area contributed by atoms with Gasteiger partial charge in [-0.25, -0.2) is 14.1 Å². The summed E-state index contributed by atoms with van der Waals surface area (Å²) in [4.78, 5) is 23.9. The van der Waals surface area contributed by atoms with E-state index in [-0.39, 0.29) is 11.4 Å². The molecule has 5 heterocycles. The molecule has 206 valence electrons. The molecule has 0 unspecified atom stereocenters. The van der Waals surface area contributed by atoms with E-state index in [0.717, 1.165) is 49.5 Å². The molecule has 0 amide bonds. The topological polar surface area (TPSA) is 99.3 Å². The van der Waals surface area contributed by atoms with Gasteiger partial charge in [0.05, 0.1) is 42.7 Å². The molecule has 0 atom stereocenters. The van der Waals surface area contributed by atoms with Gasteiger partial charge in [0, 0.05) is 56.1 Å². The van der Waals surface area contributed by atoms with Crippen LogP contribution in [0.15, 0.2) is 65.8 Å². The van der Waals surface area contributed by atoms with Crippen molar-refractivity contribution in [3.05, 3.63) is 82.8 Å². The molecule has 0 radical (unpaired) electrons. The summed E-state index contributed by atoms with van der Waals surface area (Å²) in [6, 6.07) is 11.5. The molecular formula is C29H30FN7O3. The van der Waals surface area contributed by atoms with E-state index in [1.54, 1.807) is 29.1 Å². The fraction of sp³-hybridized carbons (Fsp3) is 0.310. The van der Waals surface area contributed by atoms with Crippen LogP contribution in [0, 0.1) is 12.7 Å². The summed E-state index contributed by atoms with van der Waals surface area (Å²) in [5.74, 6) is 0.889. The average Bonchev–Trinajstić information content (AvgIpc) is 3.29. The summed E-state index contributed by atoms with van der Waals surface area (Å²) in [7, 11) is 0. The lowest BCUT2D eigenvalue weighted by atomic mass is 10.2. The van der Waals surface area contributed by atoms with E-state index in [4.69, 9.17) is 9.47 Å². The molecule has 5 aromatic rings. The highest BCUT2D eigenvalue weighted by Crippen LogP contribution is 2.25. The minimum absolute atomic E-state index is 0.221. The highest BCUT2D eigenvalue weighted by atomic mass is 19.1. The summed E-state index contributed by atoms with van der Waals surface area (Å²) < 4.78 is 28.5. The first-order chi connectivity index (χ1) is 19.5. The zero-order chi connectivity index (χ0) is 27.5. The first-order valence-electron chi connectivity index (χ1n) is 13.3. The smallest absolute Gasteiger partial charge is 0.266 e.